The van der Waals surface area contributed by atoms with Crippen LogP contribution < -0.4 is 5.73 Å². The molecule has 1 aromatic carbocycles. The molecular formula is C16H22N2OS. The molecule has 0 aliphatic carbocycles. The first-order valence-corrected chi connectivity index (χ1v) is 7.58. The monoisotopic (exact) mass is 290 g/mol. The molecule has 1 amide bonds. The Labute approximate surface area is 126 Å². The summed E-state index contributed by atoms with van der Waals surface area (Å²) in [5.41, 5.74) is 7.70. The van der Waals surface area contributed by atoms with E-state index in [0.29, 0.717) is 10.9 Å². The highest BCUT2D eigenvalue weighted by Crippen LogP contribution is 2.20. The first kappa shape index (κ1) is 15.0. The molecule has 0 radical (unpaired) electrons. The van der Waals surface area contributed by atoms with Crippen molar-refractivity contribution in [2.24, 2.45) is 11.7 Å². The van der Waals surface area contributed by atoms with Gasteiger partial charge in [-0.3, -0.25) is 4.79 Å². The number of piperidine rings is 1. The molecule has 1 aromatic rings. The molecule has 0 unspecified atom stereocenters. The van der Waals surface area contributed by atoms with Crippen LogP contribution in [0.25, 0.3) is 0 Å². The van der Waals surface area contributed by atoms with Crippen molar-refractivity contribution in [2.75, 3.05) is 13.1 Å². The van der Waals surface area contributed by atoms with E-state index in [-0.39, 0.29) is 11.8 Å². The summed E-state index contributed by atoms with van der Waals surface area (Å²) in [4.78, 5) is 14.9. The van der Waals surface area contributed by atoms with Crippen molar-refractivity contribution >= 4 is 23.1 Å². The fraction of sp³-hybridized carbons (Fsp3) is 0.500. The first-order chi connectivity index (χ1) is 9.49. The highest BCUT2D eigenvalue weighted by Gasteiger charge is 2.24. The molecular weight excluding hydrogens is 268 g/mol. The Morgan fingerprint density at radius 1 is 1.25 bits per heavy atom. The van der Waals surface area contributed by atoms with Crippen LogP contribution in [0.4, 0.5) is 0 Å². The predicted octanol–water partition coefficient (Wildman–Crippen LogP) is 2.95. The van der Waals surface area contributed by atoms with Crippen molar-refractivity contribution in [2.45, 2.75) is 32.6 Å². The molecule has 0 spiro atoms. The summed E-state index contributed by atoms with van der Waals surface area (Å²) >= 11 is 5.03. The number of thiocarbonyl (C=S) groups is 1. The number of amides is 1. The highest BCUT2D eigenvalue weighted by atomic mass is 32.1. The summed E-state index contributed by atoms with van der Waals surface area (Å²) < 4.78 is 0. The second-order valence-electron chi connectivity index (χ2n) is 5.75. The van der Waals surface area contributed by atoms with Gasteiger partial charge in [0.1, 0.15) is 0 Å². The molecule has 1 aliphatic rings. The lowest BCUT2D eigenvalue weighted by molar-refractivity contribution is 0.0710. The van der Waals surface area contributed by atoms with Crippen LogP contribution in [0.2, 0.25) is 0 Å². The molecule has 0 bridgehead atoms. The topological polar surface area (TPSA) is 46.3 Å². The number of hydrogen-bond acceptors (Lipinski definition) is 2. The quantitative estimate of drug-likeness (QED) is 0.871. The Morgan fingerprint density at radius 3 is 2.25 bits per heavy atom. The van der Waals surface area contributed by atoms with E-state index in [2.05, 4.69) is 13.8 Å². The molecule has 2 rings (SSSR count). The molecule has 0 aromatic heterocycles. The largest absolute Gasteiger partial charge is 0.393 e. The molecule has 3 nitrogen and oxygen atoms in total. The Balaban J connectivity index is 2.00. The fourth-order valence-electron chi connectivity index (χ4n) is 2.56. The molecule has 1 fully saturated rings. The van der Waals surface area contributed by atoms with Gasteiger partial charge in [0.05, 0.1) is 4.99 Å². The second-order valence-corrected chi connectivity index (χ2v) is 6.22. The van der Waals surface area contributed by atoms with Crippen molar-refractivity contribution in [1.29, 1.82) is 0 Å². The number of rotatable bonds is 3. The van der Waals surface area contributed by atoms with Gasteiger partial charge < -0.3 is 10.6 Å². The summed E-state index contributed by atoms with van der Waals surface area (Å²) in [6.45, 7) is 5.79. The van der Waals surface area contributed by atoms with Crippen molar-refractivity contribution < 1.29 is 4.79 Å². The second kappa shape index (κ2) is 6.35. The van der Waals surface area contributed by atoms with Crippen molar-refractivity contribution in [3.63, 3.8) is 0 Å². The number of nitrogens with two attached hydrogens (primary N) is 1. The fourth-order valence-corrected chi connectivity index (χ4v) is 2.80. The normalized spacial score (nSPS) is 16.4. The van der Waals surface area contributed by atoms with Crippen LogP contribution in [0.3, 0.4) is 0 Å². The predicted molar refractivity (Wildman–Crippen MR) is 85.9 cm³/mol. The lowest BCUT2D eigenvalue weighted by Crippen LogP contribution is -2.41. The van der Waals surface area contributed by atoms with Gasteiger partial charge in [0.2, 0.25) is 0 Å². The Bertz CT molecular complexity index is 488. The van der Waals surface area contributed by atoms with Crippen LogP contribution in [0.5, 0.6) is 0 Å². The zero-order chi connectivity index (χ0) is 14.7. The first-order valence-electron chi connectivity index (χ1n) is 7.17. The maximum absolute atomic E-state index is 12.4. The minimum Gasteiger partial charge on any atom is -0.393 e. The van der Waals surface area contributed by atoms with E-state index in [0.717, 1.165) is 31.5 Å². The van der Waals surface area contributed by atoms with E-state index >= 15 is 0 Å². The summed E-state index contributed by atoms with van der Waals surface area (Å²) in [7, 11) is 0. The number of nitrogens with zero attached hydrogens (tertiary/aromatic N) is 1. The third kappa shape index (κ3) is 3.37. The van der Waals surface area contributed by atoms with E-state index in [4.69, 9.17) is 18.0 Å². The van der Waals surface area contributed by atoms with Gasteiger partial charge in [-0.05, 0) is 36.5 Å². The highest BCUT2D eigenvalue weighted by molar-refractivity contribution is 7.80. The summed E-state index contributed by atoms with van der Waals surface area (Å²) in [6, 6.07) is 7.94. The van der Waals surface area contributed by atoms with Gasteiger partial charge in [0.15, 0.2) is 0 Å². The van der Waals surface area contributed by atoms with Gasteiger partial charge in [-0.15, -0.1) is 0 Å². The van der Waals surface area contributed by atoms with Gasteiger partial charge in [-0.1, -0.05) is 38.2 Å². The van der Waals surface area contributed by atoms with E-state index in [9.17, 15) is 4.79 Å². The number of carbonyl (C=O) groups is 1. The minimum absolute atomic E-state index is 0.113. The van der Waals surface area contributed by atoms with Crippen molar-refractivity contribution in [1.82, 2.24) is 4.90 Å². The summed E-state index contributed by atoms with van der Waals surface area (Å²) in [6.07, 6.45) is 1.76. The van der Waals surface area contributed by atoms with Crippen LogP contribution in [-0.2, 0) is 0 Å². The SMILES string of the molecule is CC(C)c1ccc(C(=O)N2CCC(C(N)=S)CC2)cc1. The number of hydrogen-bond donors (Lipinski definition) is 1. The Hall–Kier alpha value is -1.42. The molecule has 1 aliphatic heterocycles. The van der Waals surface area contributed by atoms with E-state index in [1.807, 2.05) is 29.2 Å². The van der Waals surface area contributed by atoms with Crippen LogP contribution in [0.15, 0.2) is 24.3 Å². The van der Waals surface area contributed by atoms with Gasteiger partial charge in [0.25, 0.3) is 5.91 Å². The lowest BCUT2D eigenvalue weighted by Gasteiger charge is -2.31. The molecule has 0 saturated carbocycles. The van der Waals surface area contributed by atoms with Gasteiger partial charge in [-0.25, -0.2) is 0 Å². The van der Waals surface area contributed by atoms with Gasteiger partial charge in [0, 0.05) is 24.6 Å². The maximum atomic E-state index is 12.4. The van der Waals surface area contributed by atoms with Crippen molar-refractivity contribution in [3.05, 3.63) is 35.4 Å². The number of likely N-dealkylation sites (tertiary alicyclic amines) is 1. The summed E-state index contributed by atoms with van der Waals surface area (Å²) in [5, 5.41) is 0. The third-order valence-corrected chi connectivity index (χ3v) is 4.34. The van der Waals surface area contributed by atoms with Crippen LogP contribution >= 0.6 is 12.2 Å². The summed E-state index contributed by atoms with van der Waals surface area (Å²) in [5.74, 6) is 0.888. The zero-order valence-corrected chi connectivity index (χ0v) is 13.0. The lowest BCUT2D eigenvalue weighted by atomic mass is 9.96. The Morgan fingerprint density at radius 2 is 1.80 bits per heavy atom. The van der Waals surface area contributed by atoms with Gasteiger partial charge >= 0.3 is 0 Å². The van der Waals surface area contributed by atoms with Crippen LogP contribution in [-0.4, -0.2) is 28.9 Å². The number of carbonyl (C=O) groups excluding carboxylic acids is 1. The maximum Gasteiger partial charge on any atom is 0.253 e. The Kier molecular flexibility index (Phi) is 4.76. The molecule has 4 heteroatoms. The molecule has 2 N–H and O–H groups in total. The molecule has 0 atom stereocenters. The van der Waals surface area contributed by atoms with Crippen LogP contribution in [0, 0.1) is 5.92 Å². The number of benzene rings is 1. The van der Waals surface area contributed by atoms with E-state index in [1.54, 1.807) is 0 Å². The zero-order valence-electron chi connectivity index (χ0n) is 12.1. The van der Waals surface area contributed by atoms with Gasteiger partial charge in [-0.2, -0.15) is 0 Å². The third-order valence-electron chi connectivity index (χ3n) is 4.01. The molecule has 1 heterocycles. The standard InChI is InChI=1S/C16H22N2OS/c1-11(2)12-3-5-14(6-4-12)16(19)18-9-7-13(8-10-18)15(17)20/h3-6,11,13H,7-10H2,1-2H3,(H2,17,20). The van der Waals surface area contributed by atoms with Crippen molar-refractivity contribution in [3.8, 4) is 0 Å². The van der Waals surface area contributed by atoms with Crippen LogP contribution in [0.1, 0.15) is 48.5 Å². The minimum atomic E-state index is 0.113. The molecule has 1 saturated heterocycles. The van der Waals surface area contributed by atoms with E-state index in [1.165, 1.54) is 5.56 Å². The average Bonchev–Trinajstić information content (AvgIpc) is 2.46. The molecule has 108 valence electrons. The van der Waals surface area contributed by atoms with E-state index < -0.39 is 0 Å². The smallest absolute Gasteiger partial charge is 0.253 e. The average molecular weight is 290 g/mol. The molecule has 20 heavy (non-hydrogen) atoms.